The average molecular weight is 434 g/mol. The number of pyridine rings is 1. The Balaban J connectivity index is 1.76. The summed E-state index contributed by atoms with van der Waals surface area (Å²) in [6.07, 6.45) is 6.34. The number of hydrogen-bond acceptors (Lipinski definition) is 6. The number of aryl methyl sites for hydroxylation is 2. The molecule has 0 aromatic carbocycles. The molecule has 6 nitrogen and oxygen atoms in total. The fraction of sp³-hybridized carbons (Fsp3) is 0.579. The summed E-state index contributed by atoms with van der Waals surface area (Å²) in [7, 11) is -5.77. The molecule has 2 rings (SSSR count). The Bertz CT molecular complexity index is 852. The normalized spacial score (nSPS) is 14.8. The van der Waals surface area contributed by atoms with Gasteiger partial charge in [-0.25, -0.2) is 4.98 Å². The maximum absolute atomic E-state index is 12.5. The van der Waals surface area contributed by atoms with E-state index in [2.05, 4.69) is 20.6 Å². The predicted octanol–water partition coefficient (Wildman–Crippen LogP) is 4.27. The van der Waals surface area contributed by atoms with E-state index in [-0.39, 0.29) is 6.42 Å². The summed E-state index contributed by atoms with van der Waals surface area (Å²) in [5, 5.41) is 3.28. The number of anilines is 1. The number of carbonyl (C=O) groups excluding carboxylic acids is 1. The highest BCUT2D eigenvalue weighted by atomic mass is 32.2. The molecule has 1 aromatic heterocycles. The van der Waals surface area contributed by atoms with Crippen LogP contribution in [0.4, 0.5) is 19.0 Å². The number of hydrogen-bond donors (Lipinski definition) is 1. The third-order valence-electron chi connectivity index (χ3n) is 4.42. The van der Waals surface area contributed by atoms with Crippen LogP contribution in [0.2, 0.25) is 0 Å². The number of ketones is 1. The summed E-state index contributed by atoms with van der Waals surface area (Å²) in [6.45, 7) is 2.04. The van der Waals surface area contributed by atoms with Gasteiger partial charge in [0.05, 0.1) is 0 Å². The molecule has 1 aliphatic heterocycles. The molecule has 0 unspecified atom stereocenters. The molecule has 1 N–H and O–H groups in total. The Morgan fingerprint density at radius 2 is 1.97 bits per heavy atom. The van der Waals surface area contributed by atoms with Crippen LogP contribution < -0.4 is 5.32 Å². The van der Waals surface area contributed by atoms with Crippen LogP contribution in [0.25, 0.3) is 0 Å². The van der Waals surface area contributed by atoms with E-state index < -0.39 is 27.2 Å². The molecule has 2 heterocycles. The highest BCUT2D eigenvalue weighted by Gasteiger charge is 2.48. The summed E-state index contributed by atoms with van der Waals surface area (Å²) in [5.41, 5.74) is -3.33. The van der Waals surface area contributed by atoms with Gasteiger partial charge in [-0.2, -0.15) is 21.6 Å². The molecule has 0 spiro atoms. The van der Waals surface area contributed by atoms with Gasteiger partial charge in [0.15, 0.2) is 5.78 Å². The number of fused-ring (bicyclic) bond motifs is 1. The summed E-state index contributed by atoms with van der Waals surface area (Å²) in [4.78, 5) is 15.7. The first-order chi connectivity index (χ1) is 13.6. The molecule has 0 amide bonds. The number of allylic oxidation sites excluding steroid dienone is 2. The Morgan fingerprint density at radius 1 is 1.24 bits per heavy atom. The lowest BCUT2D eigenvalue weighted by Crippen LogP contribution is -2.25. The van der Waals surface area contributed by atoms with Gasteiger partial charge in [-0.1, -0.05) is 18.9 Å². The van der Waals surface area contributed by atoms with E-state index in [0.717, 1.165) is 63.2 Å². The minimum atomic E-state index is -5.77. The number of aromatic nitrogens is 1. The Labute approximate surface area is 168 Å². The van der Waals surface area contributed by atoms with Crippen molar-refractivity contribution in [3.05, 3.63) is 35.2 Å². The Kier molecular flexibility index (Phi) is 8.06. The van der Waals surface area contributed by atoms with Gasteiger partial charge in [-0.15, -0.1) is 0 Å². The number of unbranched alkanes of at least 4 members (excludes halogenated alkanes) is 3. The van der Waals surface area contributed by atoms with E-state index in [0.29, 0.717) is 12.8 Å². The average Bonchev–Trinajstić information content (AvgIpc) is 2.62. The molecule has 0 saturated heterocycles. The SMILES string of the molecule is CC(=O)/C=C(/CCCCCCc1ccc2c(n1)NCCC2)OS(=O)(=O)C(F)(F)F. The molecule has 1 aromatic rings. The molecule has 29 heavy (non-hydrogen) atoms. The first-order valence-corrected chi connectivity index (χ1v) is 10.9. The maximum Gasteiger partial charge on any atom is 0.534 e. The van der Waals surface area contributed by atoms with Crippen molar-refractivity contribution in [1.82, 2.24) is 4.98 Å². The van der Waals surface area contributed by atoms with Crippen LogP contribution in [-0.4, -0.2) is 31.2 Å². The van der Waals surface area contributed by atoms with Crippen molar-refractivity contribution in [3.63, 3.8) is 0 Å². The number of rotatable bonds is 10. The molecule has 1 aliphatic rings. The van der Waals surface area contributed by atoms with Crippen LogP contribution in [0.3, 0.4) is 0 Å². The van der Waals surface area contributed by atoms with Gasteiger partial charge in [0, 0.05) is 24.7 Å². The Morgan fingerprint density at radius 3 is 2.66 bits per heavy atom. The van der Waals surface area contributed by atoms with Gasteiger partial charge in [-0.05, 0) is 50.7 Å². The van der Waals surface area contributed by atoms with Gasteiger partial charge in [-0.3, -0.25) is 4.79 Å². The third-order valence-corrected chi connectivity index (χ3v) is 5.42. The lowest BCUT2D eigenvalue weighted by atomic mass is 10.0. The van der Waals surface area contributed by atoms with Crippen LogP contribution in [0.1, 0.15) is 56.7 Å². The number of halogens is 3. The quantitative estimate of drug-likeness (QED) is 0.195. The molecule has 10 heteroatoms. The van der Waals surface area contributed by atoms with Gasteiger partial charge in [0.2, 0.25) is 0 Å². The minimum absolute atomic E-state index is 0.0596. The zero-order chi connectivity index (χ0) is 21.5. The third kappa shape index (κ3) is 7.34. The summed E-state index contributed by atoms with van der Waals surface area (Å²) in [6, 6.07) is 4.09. The van der Waals surface area contributed by atoms with Gasteiger partial charge < -0.3 is 9.50 Å². The molecule has 0 radical (unpaired) electrons. The zero-order valence-corrected chi connectivity index (χ0v) is 17.0. The lowest BCUT2D eigenvalue weighted by molar-refractivity contribution is -0.112. The monoisotopic (exact) mass is 434 g/mol. The van der Waals surface area contributed by atoms with E-state index in [1.807, 2.05) is 6.07 Å². The van der Waals surface area contributed by atoms with E-state index in [1.165, 1.54) is 5.56 Å². The largest absolute Gasteiger partial charge is 0.534 e. The maximum atomic E-state index is 12.5. The van der Waals surface area contributed by atoms with Crippen molar-refractivity contribution in [2.24, 2.45) is 0 Å². The van der Waals surface area contributed by atoms with Crippen molar-refractivity contribution in [2.75, 3.05) is 11.9 Å². The van der Waals surface area contributed by atoms with Crippen LogP contribution >= 0.6 is 0 Å². The molecular weight excluding hydrogens is 409 g/mol. The summed E-state index contributed by atoms with van der Waals surface area (Å²) < 4.78 is 63.7. The first-order valence-electron chi connectivity index (χ1n) is 9.53. The van der Waals surface area contributed by atoms with Gasteiger partial charge in [0.1, 0.15) is 11.6 Å². The lowest BCUT2D eigenvalue weighted by Gasteiger charge is -2.17. The molecule has 162 valence electrons. The van der Waals surface area contributed by atoms with E-state index >= 15 is 0 Å². The van der Waals surface area contributed by atoms with E-state index in [4.69, 9.17) is 0 Å². The number of carbonyl (C=O) groups is 1. The highest BCUT2D eigenvalue weighted by molar-refractivity contribution is 7.87. The topological polar surface area (TPSA) is 85.4 Å². The Hall–Kier alpha value is -2.10. The second-order valence-electron chi connectivity index (χ2n) is 6.96. The second kappa shape index (κ2) is 10.1. The highest BCUT2D eigenvalue weighted by Crippen LogP contribution is 2.28. The van der Waals surface area contributed by atoms with Gasteiger partial charge in [0.25, 0.3) is 0 Å². The van der Waals surface area contributed by atoms with Gasteiger partial charge >= 0.3 is 15.6 Å². The van der Waals surface area contributed by atoms with Crippen LogP contribution in [0.5, 0.6) is 0 Å². The smallest absolute Gasteiger partial charge is 0.380 e. The van der Waals surface area contributed by atoms with Crippen molar-refractivity contribution in [1.29, 1.82) is 0 Å². The fourth-order valence-electron chi connectivity index (χ4n) is 3.02. The zero-order valence-electron chi connectivity index (χ0n) is 16.2. The van der Waals surface area contributed by atoms with Crippen molar-refractivity contribution in [3.8, 4) is 0 Å². The minimum Gasteiger partial charge on any atom is -0.380 e. The van der Waals surface area contributed by atoms with Crippen molar-refractivity contribution >= 4 is 21.7 Å². The molecular formula is C19H25F3N2O4S. The number of nitrogens with zero attached hydrogens (tertiary/aromatic N) is 1. The van der Waals surface area contributed by atoms with Crippen molar-refractivity contribution in [2.45, 2.75) is 63.8 Å². The van der Waals surface area contributed by atoms with Crippen molar-refractivity contribution < 1.29 is 30.6 Å². The predicted molar refractivity (Wildman–Crippen MR) is 103 cm³/mol. The van der Waals surface area contributed by atoms with Crippen LogP contribution in [0.15, 0.2) is 24.0 Å². The van der Waals surface area contributed by atoms with E-state index in [1.54, 1.807) is 0 Å². The van der Waals surface area contributed by atoms with Crippen LogP contribution in [0, 0.1) is 0 Å². The second-order valence-corrected chi connectivity index (χ2v) is 8.50. The van der Waals surface area contributed by atoms with E-state index in [9.17, 15) is 26.4 Å². The number of nitrogens with one attached hydrogen (secondary N) is 1. The summed E-state index contributed by atoms with van der Waals surface area (Å²) >= 11 is 0. The molecule has 0 fully saturated rings. The molecule has 0 atom stereocenters. The fourth-order valence-corrected chi connectivity index (χ4v) is 3.53. The standard InChI is InChI=1S/C19H25F3N2O4S/c1-14(25)13-17(28-29(26,27)19(20,21)22)9-5-3-2-4-8-16-11-10-15-7-6-12-23-18(15)24-16/h10-11,13H,2-9,12H2,1H3,(H,23,24)/b17-13-. The molecule has 0 aliphatic carbocycles. The summed E-state index contributed by atoms with van der Waals surface area (Å²) in [5.74, 6) is -0.127. The first kappa shape index (κ1) is 23.2. The molecule has 0 bridgehead atoms. The molecule has 0 saturated carbocycles. The number of alkyl halides is 3. The van der Waals surface area contributed by atoms with Crippen LogP contribution in [-0.2, 0) is 31.9 Å².